The van der Waals surface area contributed by atoms with Crippen molar-refractivity contribution in [2.45, 2.75) is 76.4 Å². The Bertz CT molecular complexity index is 915. The molecule has 0 saturated carbocycles. The second-order valence-corrected chi connectivity index (χ2v) is 9.63. The minimum atomic E-state index is 0.0854. The molecule has 5 nitrogen and oxygen atoms in total. The summed E-state index contributed by atoms with van der Waals surface area (Å²) in [6.45, 7) is 9.24. The number of likely N-dealkylation sites (tertiary alicyclic amines) is 1. The average molecular weight is 428 g/mol. The normalized spacial score (nSPS) is 21.2. The van der Waals surface area contributed by atoms with Gasteiger partial charge in [-0.05, 0) is 70.2 Å². The first-order valence-corrected chi connectivity index (χ1v) is 12.3. The molecule has 4 rings (SSSR count). The first kappa shape index (κ1) is 21.4. The van der Waals surface area contributed by atoms with Crippen LogP contribution in [0.2, 0.25) is 0 Å². The first-order chi connectivity index (χ1) is 14.6. The Morgan fingerprint density at radius 3 is 2.57 bits per heavy atom. The van der Waals surface area contributed by atoms with Crippen molar-refractivity contribution in [3.63, 3.8) is 0 Å². The van der Waals surface area contributed by atoms with Crippen molar-refractivity contribution in [3.8, 4) is 17.0 Å². The van der Waals surface area contributed by atoms with Crippen LogP contribution in [0.15, 0.2) is 34.0 Å². The summed E-state index contributed by atoms with van der Waals surface area (Å²) in [6.07, 6.45) is 5.41. The standard InChI is InChI=1S/C24H33N3O2S/c1-4-13-27-24(28)21-12-16-30-23(21)22(25-27)19-8-10-20(11-9-19)29-15-5-14-26-17(2)6-7-18(26)3/h8-11,17-18H,4-7,12-16H2,1-3H3/t17-,18-/m1/s1. The molecule has 0 spiro atoms. The third-order valence-electron chi connectivity index (χ3n) is 6.33. The highest BCUT2D eigenvalue weighted by atomic mass is 32.2. The second kappa shape index (κ2) is 9.56. The number of rotatable bonds is 8. The molecule has 6 heteroatoms. The van der Waals surface area contributed by atoms with Crippen LogP contribution in [0.3, 0.4) is 0 Å². The lowest BCUT2D eigenvalue weighted by molar-refractivity contribution is 0.191. The Morgan fingerprint density at radius 2 is 1.87 bits per heavy atom. The van der Waals surface area contributed by atoms with Crippen LogP contribution in [0, 0.1) is 0 Å². The van der Waals surface area contributed by atoms with Crippen LogP contribution in [0.25, 0.3) is 11.3 Å². The first-order valence-electron chi connectivity index (χ1n) is 11.3. The SMILES string of the molecule is CCCn1nc(-c2ccc(OCCCN3[C@H](C)CC[C@H]3C)cc2)c2c(c1=O)CCS2. The molecule has 3 heterocycles. The average Bonchev–Trinajstić information content (AvgIpc) is 3.36. The quantitative estimate of drug-likeness (QED) is 0.576. The Labute approximate surface area is 183 Å². The fourth-order valence-electron chi connectivity index (χ4n) is 4.63. The van der Waals surface area contributed by atoms with E-state index in [4.69, 9.17) is 9.84 Å². The van der Waals surface area contributed by atoms with Crippen molar-refractivity contribution < 1.29 is 4.74 Å². The third kappa shape index (κ3) is 4.45. The number of thioether (sulfide) groups is 1. The zero-order valence-electron chi connectivity index (χ0n) is 18.4. The lowest BCUT2D eigenvalue weighted by Crippen LogP contribution is -2.34. The van der Waals surface area contributed by atoms with E-state index in [0.717, 1.165) is 65.6 Å². The van der Waals surface area contributed by atoms with Crippen molar-refractivity contribution in [1.29, 1.82) is 0 Å². The topological polar surface area (TPSA) is 47.4 Å². The monoisotopic (exact) mass is 427 g/mol. The summed E-state index contributed by atoms with van der Waals surface area (Å²) in [6, 6.07) is 9.59. The van der Waals surface area contributed by atoms with Gasteiger partial charge in [0, 0.05) is 46.9 Å². The van der Waals surface area contributed by atoms with Crippen LogP contribution >= 0.6 is 11.8 Å². The van der Waals surface area contributed by atoms with Gasteiger partial charge in [-0.1, -0.05) is 6.92 Å². The van der Waals surface area contributed by atoms with E-state index >= 15 is 0 Å². The van der Waals surface area contributed by atoms with Gasteiger partial charge in [0.1, 0.15) is 11.4 Å². The molecule has 1 aromatic heterocycles. The van der Waals surface area contributed by atoms with E-state index in [0.29, 0.717) is 18.6 Å². The summed E-state index contributed by atoms with van der Waals surface area (Å²) in [5, 5.41) is 4.70. The van der Waals surface area contributed by atoms with Gasteiger partial charge in [-0.2, -0.15) is 5.10 Å². The van der Waals surface area contributed by atoms with Gasteiger partial charge in [-0.3, -0.25) is 9.69 Å². The molecular weight excluding hydrogens is 394 g/mol. The Morgan fingerprint density at radius 1 is 1.13 bits per heavy atom. The van der Waals surface area contributed by atoms with Crippen LogP contribution in [-0.2, 0) is 13.0 Å². The summed E-state index contributed by atoms with van der Waals surface area (Å²) >= 11 is 1.75. The van der Waals surface area contributed by atoms with Gasteiger partial charge in [0.2, 0.25) is 0 Å². The van der Waals surface area contributed by atoms with E-state index in [1.54, 1.807) is 16.4 Å². The number of hydrogen-bond donors (Lipinski definition) is 0. The van der Waals surface area contributed by atoms with E-state index in [9.17, 15) is 4.79 Å². The molecule has 2 aromatic rings. The fraction of sp³-hybridized carbons (Fsp3) is 0.583. The van der Waals surface area contributed by atoms with E-state index in [-0.39, 0.29) is 5.56 Å². The molecule has 162 valence electrons. The minimum Gasteiger partial charge on any atom is -0.494 e. The molecule has 0 unspecified atom stereocenters. The largest absolute Gasteiger partial charge is 0.494 e. The predicted octanol–water partition coefficient (Wildman–Crippen LogP) is 4.61. The highest BCUT2D eigenvalue weighted by Gasteiger charge is 2.26. The molecule has 0 aliphatic carbocycles. The summed E-state index contributed by atoms with van der Waals surface area (Å²) in [5.41, 5.74) is 3.01. The molecular formula is C24H33N3O2S. The maximum absolute atomic E-state index is 12.6. The molecule has 30 heavy (non-hydrogen) atoms. The molecule has 1 saturated heterocycles. The van der Waals surface area contributed by atoms with Crippen molar-refractivity contribution in [2.75, 3.05) is 18.9 Å². The van der Waals surface area contributed by atoms with Crippen LogP contribution in [0.4, 0.5) is 0 Å². The summed E-state index contributed by atoms with van der Waals surface area (Å²) < 4.78 is 7.64. The molecule has 2 aliphatic heterocycles. The lowest BCUT2D eigenvalue weighted by Gasteiger charge is -2.25. The summed E-state index contributed by atoms with van der Waals surface area (Å²) in [7, 11) is 0. The zero-order chi connectivity index (χ0) is 21.1. The van der Waals surface area contributed by atoms with Crippen LogP contribution in [0.5, 0.6) is 5.75 Å². The van der Waals surface area contributed by atoms with Crippen LogP contribution < -0.4 is 10.3 Å². The van der Waals surface area contributed by atoms with Gasteiger partial charge < -0.3 is 4.74 Å². The van der Waals surface area contributed by atoms with Gasteiger partial charge in [-0.25, -0.2) is 4.68 Å². The van der Waals surface area contributed by atoms with Crippen molar-refractivity contribution in [2.24, 2.45) is 0 Å². The lowest BCUT2D eigenvalue weighted by atomic mass is 10.1. The van der Waals surface area contributed by atoms with E-state index < -0.39 is 0 Å². The van der Waals surface area contributed by atoms with Gasteiger partial charge in [0.15, 0.2) is 0 Å². The van der Waals surface area contributed by atoms with E-state index in [2.05, 4.69) is 37.8 Å². The minimum absolute atomic E-state index is 0.0854. The zero-order valence-corrected chi connectivity index (χ0v) is 19.2. The number of nitrogens with zero attached hydrogens (tertiary/aromatic N) is 3. The Kier molecular flexibility index (Phi) is 6.84. The van der Waals surface area contributed by atoms with Crippen molar-refractivity contribution in [3.05, 3.63) is 40.2 Å². The molecule has 2 atom stereocenters. The van der Waals surface area contributed by atoms with E-state index in [1.807, 2.05) is 12.1 Å². The Balaban J connectivity index is 1.41. The number of aromatic nitrogens is 2. The van der Waals surface area contributed by atoms with Crippen LogP contribution in [0.1, 0.15) is 52.0 Å². The van der Waals surface area contributed by atoms with Crippen molar-refractivity contribution in [1.82, 2.24) is 14.7 Å². The van der Waals surface area contributed by atoms with Gasteiger partial charge in [0.05, 0.1) is 6.61 Å². The molecule has 0 radical (unpaired) electrons. The smallest absolute Gasteiger partial charge is 0.271 e. The molecule has 1 aromatic carbocycles. The summed E-state index contributed by atoms with van der Waals surface area (Å²) in [4.78, 5) is 16.3. The maximum Gasteiger partial charge on any atom is 0.271 e. The highest BCUT2D eigenvalue weighted by molar-refractivity contribution is 7.99. The third-order valence-corrected chi connectivity index (χ3v) is 7.46. The highest BCUT2D eigenvalue weighted by Crippen LogP contribution is 2.37. The molecule has 0 N–H and O–H groups in total. The predicted molar refractivity (Wildman–Crippen MR) is 124 cm³/mol. The van der Waals surface area contributed by atoms with Gasteiger partial charge >= 0.3 is 0 Å². The molecule has 1 fully saturated rings. The van der Waals surface area contributed by atoms with Gasteiger partial charge in [0.25, 0.3) is 5.56 Å². The molecule has 0 bridgehead atoms. The number of hydrogen-bond acceptors (Lipinski definition) is 5. The number of benzene rings is 1. The van der Waals surface area contributed by atoms with Crippen molar-refractivity contribution >= 4 is 11.8 Å². The maximum atomic E-state index is 12.6. The van der Waals surface area contributed by atoms with Gasteiger partial charge in [-0.15, -0.1) is 11.8 Å². The molecule has 0 amide bonds. The second-order valence-electron chi connectivity index (χ2n) is 8.52. The van der Waals surface area contributed by atoms with E-state index in [1.165, 1.54) is 12.8 Å². The fourth-order valence-corrected chi connectivity index (χ4v) is 5.80. The summed E-state index contributed by atoms with van der Waals surface area (Å²) in [5.74, 6) is 1.86. The Hall–Kier alpha value is -1.79. The number of fused-ring (bicyclic) bond motifs is 1. The number of ether oxygens (including phenoxy) is 1. The number of aryl methyl sites for hydroxylation is 1. The van der Waals surface area contributed by atoms with Crippen LogP contribution in [-0.4, -0.2) is 45.7 Å². The molecule has 2 aliphatic rings.